The average Bonchev–Trinajstić information content (AvgIpc) is 3.09. The predicted molar refractivity (Wildman–Crippen MR) is 143 cm³/mol. The maximum absolute atomic E-state index is 10.5. The topological polar surface area (TPSA) is 453 Å². The van der Waals surface area contributed by atoms with Crippen LogP contribution in [0.4, 0.5) is 0 Å². The van der Waals surface area contributed by atoms with Gasteiger partial charge in [-0.3, -0.25) is 4.79 Å². The Morgan fingerprint density at radius 3 is 0.870 bits per heavy atom. The van der Waals surface area contributed by atoms with Gasteiger partial charge in [-0.25, -0.2) is 0 Å². The van der Waals surface area contributed by atoms with Crippen molar-refractivity contribution in [2.45, 2.75) is 85.5 Å². The summed E-state index contributed by atoms with van der Waals surface area (Å²) >= 11 is 0. The van der Waals surface area contributed by atoms with Crippen molar-refractivity contribution in [3.8, 4) is 0 Å². The third-order valence-electron chi connectivity index (χ3n) is 5.30. The van der Waals surface area contributed by atoms with Crippen molar-refractivity contribution in [3.05, 3.63) is 0 Å². The SMILES string of the molecule is O=C(CO)[C@@H](O)[C@H](O)[C@H](O)CO.O=C[C@H](O)[C@@H](O)[C@@H](O)[C@H](O)CO.O=C[C@H](O)[C@@H](O)[C@H](O)CO.O=C[C@H](O)[C@@H](O)[C@H](O)[C@H](O)CO. The first-order valence-electron chi connectivity index (χ1n) is 12.7. The van der Waals surface area contributed by atoms with E-state index in [1.807, 2.05) is 0 Å². The van der Waals surface area contributed by atoms with Crippen LogP contribution >= 0.6 is 0 Å². The molecule has 0 aromatic rings. The van der Waals surface area contributed by atoms with Crippen molar-refractivity contribution >= 4 is 24.6 Å². The Balaban J connectivity index is -0.000000256. The summed E-state index contributed by atoms with van der Waals surface area (Å²) < 4.78 is 0. The van der Waals surface area contributed by atoms with E-state index in [0.717, 1.165) is 0 Å². The van der Waals surface area contributed by atoms with Crippen LogP contribution in [-0.4, -0.2) is 240 Å². The van der Waals surface area contributed by atoms with Crippen molar-refractivity contribution in [3.63, 3.8) is 0 Å². The minimum atomic E-state index is -1.86. The molecule has 0 aliphatic rings. The third kappa shape index (κ3) is 20.9. The van der Waals surface area contributed by atoms with Gasteiger partial charge in [0.2, 0.25) is 0 Å². The molecule has 0 bridgehead atoms. The Bertz CT molecular complexity index is 742. The minimum absolute atomic E-state index is 0.0258. The zero-order valence-electron chi connectivity index (χ0n) is 24.0. The lowest BCUT2D eigenvalue weighted by Crippen LogP contribution is -2.46. The number of aldehydes is 3. The average molecular weight is 691 g/mol. The van der Waals surface area contributed by atoms with E-state index >= 15 is 0 Å². The molecule has 0 rings (SSSR count). The summed E-state index contributed by atoms with van der Waals surface area (Å²) in [5.41, 5.74) is 0. The summed E-state index contributed by atoms with van der Waals surface area (Å²) in [6.45, 7) is -3.90. The first kappa shape index (κ1) is 50.8. The second-order valence-corrected chi connectivity index (χ2v) is 8.89. The number of hydrogen-bond acceptors (Lipinski definition) is 23. The van der Waals surface area contributed by atoms with Crippen LogP contribution in [0.25, 0.3) is 0 Å². The molecule has 14 atom stereocenters. The quantitative estimate of drug-likeness (QED) is 0.0559. The van der Waals surface area contributed by atoms with Crippen molar-refractivity contribution in [1.82, 2.24) is 0 Å². The number of carbonyl (C=O) groups excluding carboxylic acids is 4. The summed E-state index contributed by atoms with van der Waals surface area (Å²) in [5.74, 6) is -1.00. The lowest BCUT2D eigenvalue weighted by molar-refractivity contribution is -0.142. The van der Waals surface area contributed by atoms with Gasteiger partial charge < -0.3 is 111 Å². The molecule has 0 unspecified atom stereocenters. The molecule has 46 heavy (non-hydrogen) atoms. The zero-order valence-corrected chi connectivity index (χ0v) is 24.0. The van der Waals surface area contributed by atoms with Crippen LogP contribution in [0.15, 0.2) is 0 Å². The lowest BCUT2D eigenvalue weighted by atomic mass is 10.0. The second-order valence-electron chi connectivity index (χ2n) is 8.89. The monoisotopic (exact) mass is 690 g/mol. The van der Waals surface area contributed by atoms with E-state index in [1.165, 1.54) is 0 Å². The number of hydrogen-bond donors (Lipinski definition) is 19. The third-order valence-corrected chi connectivity index (χ3v) is 5.30. The first-order chi connectivity index (χ1) is 21.2. The van der Waals surface area contributed by atoms with E-state index in [2.05, 4.69) is 0 Å². The summed E-state index contributed by atoms with van der Waals surface area (Å²) in [7, 11) is 0. The van der Waals surface area contributed by atoms with Gasteiger partial charge in [-0.1, -0.05) is 0 Å². The van der Waals surface area contributed by atoms with Crippen molar-refractivity contribution < 1.29 is 116 Å². The van der Waals surface area contributed by atoms with Gasteiger partial charge in [0.05, 0.1) is 26.4 Å². The number of rotatable bonds is 19. The second kappa shape index (κ2) is 29.1. The van der Waals surface area contributed by atoms with E-state index in [-0.39, 0.29) is 18.9 Å². The summed E-state index contributed by atoms with van der Waals surface area (Å²) in [5, 5.41) is 164. The molecule has 0 heterocycles. The van der Waals surface area contributed by atoms with Gasteiger partial charge >= 0.3 is 0 Å². The Labute approximate surface area is 260 Å². The Morgan fingerprint density at radius 2 is 0.630 bits per heavy atom. The fourth-order valence-electron chi connectivity index (χ4n) is 2.25. The molecule has 0 aromatic heterocycles. The van der Waals surface area contributed by atoms with Crippen LogP contribution in [0.2, 0.25) is 0 Å². The molecule has 0 aliphatic heterocycles. The van der Waals surface area contributed by atoms with Gasteiger partial charge in [0.15, 0.2) is 24.6 Å². The van der Waals surface area contributed by atoms with Crippen molar-refractivity contribution in [1.29, 1.82) is 0 Å². The van der Waals surface area contributed by atoms with E-state index in [4.69, 9.17) is 97.0 Å². The van der Waals surface area contributed by atoms with Gasteiger partial charge in [-0.2, -0.15) is 0 Å². The van der Waals surface area contributed by atoms with Gasteiger partial charge in [-0.15, -0.1) is 0 Å². The van der Waals surface area contributed by atoms with Crippen LogP contribution in [-0.2, 0) is 19.2 Å². The van der Waals surface area contributed by atoms with E-state index in [1.54, 1.807) is 0 Å². The van der Waals surface area contributed by atoms with Crippen molar-refractivity contribution in [2.75, 3.05) is 33.0 Å². The van der Waals surface area contributed by atoms with Crippen LogP contribution < -0.4 is 0 Å². The van der Waals surface area contributed by atoms with Crippen LogP contribution in [0.3, 0.4) is 0 Å². The molecule has 19 N–H and O–H groups in total. The molecule has 23 heteroatoms. The number of Topliss-reactive ketones (excluding diaryl/α,β-unsaturated/α-hetero) is 1. The van der Waals surface area contributed by atoms with Crippen LogP contribution in [0, 0.1) is 0 Å². The highest BCUT2D eigenvalue weighted by atomic mass is 16.4. The summed E-state index contributed by atoms with van der Waals surface area (Å²) in [4.78, 5) is 40.1. The Morgan fingerprint density at radius 1 is 0.391 bits per heavy atom. The Kier molecular flexibility index (Phi) is 32.1. The standard InChI is InChI=1S/3C6H12O6.C5H10O5/c3*7-1-3(9)5(11)6(12)4(10)2-8;6-1-3(8)5(10)4(9)2-7/h3,5-9,11-12H,1-2H2;2*1,3-6,8-12H,2H2;1,3-5,7-10H,2H2/t3-,5-,6-;3-,4+,5+,6+;3-,4+,5+,6-;3-,4+,5+/m1000/s1. The van der Waals surface area contributed by atoms with Gasteiger partial charge in [0.1, 0.15) is 92.1 Å². The highest BCUT2D eigenvalue weighted by molar-refractivity contribution is 5.84. The fourth-order valence-corrected chi connectivity index (χ4v) is 2.25. The molecule has 0 saturated carbocycles. The first-order valence-corrected chi connectivity index (χ1v) is 12.7. The largest absolute Gasteiger partial charge is 0.394 e. The van der Waals surface area contributed by atoms with Crippen LogP contribution in [0.5, 0.6) is 0 Å². The molecule has 0 radical (unpaired) electrons. The molecule has 0 aromatic carbocycles. The smallest absolute Gasteiger partial charge is 0.189 e. The van der Waals surface area contributed by atoms with E-state index in [9.17, 15) is 19.2 Å². The zero-order chi connectivity index (χ0) is 37.3. The Hall–Kier alpha value is -2.08. The molecule has 276 valence electrons. The molecular formula is C23H46O23. The molecule has 0 amide bonds. The normalized spacial score (nSPS) is 20.1. The molecule has 0 spiro atoms. The summed E-state index contributed by atoms with van der Waals surface area (Å²) in [6.07, 6.45) is -23.5. The maximum atomic E-state index is 10.5. The highest BCUT2D eigenvalue weighted by Crippen LogP contribution is 2.04. The van der Waals surface area contributed by atoms with Gasteiger partial charge in [0.25, 0.3) is 0 Å². The van der Waals surface area contributed by atoms with Gasteiger partial charge in [-0.05, 0) is 0 Å². The molecular weight excluding hydrogens is 644 g/mol. The number of carbonyl (C=O) groups is 4. The fraction of sp³-hybridized carbons (Fsp3) is 0.826. The van der Waals surface area contributed by atoms with Crippen LogP contribution in [0.1, 0.15) is 0 Å². The number of aliphatic hydroxyl groups excluding tert-OH is 19. The predicted octanol–water partition coefficient (Wildman–Crippen LogP) is -12.9. The molecule has 0 fully saturated rings. The molecule has 23 nitrogen and oxygen atoms in total. The minimum Gasteiger partial charge on any atom is -0.394 e. The molecule has 0 saturated heterocycles. The molecule has 0 aliphatic carbocycles. The lowest BCUT2D eigenvalue weighted by Gasteiger charge is -2.22. The maximum Gasteiger partial charge on any atom is 0.189 e. The van der Waals surface area contributed by atoms with E-state index < -0.39 is 124 Å². The van der Waals surface area contributed by atoms with Gasteiger partial charge in [0, 0.05) is 0 Å². The number of ketones is 1. The summed E-state index contributed by atoms with van der Waals surface area (Å²) in [6, 6.07) is 0. The van der Waals surface area contributed by atoms with Crippen molar-refractivity contribution in [2.24, 2.45) is 0 Å². The number of aliphatic hydroxyl groups is 19. The van der Waals surface area contributed by atoms with E-state index in [0.29, 0.717) is 0 Å². The highest BCUT2D eigenvalue weighted by Gasteiger charge is 2.31.